The third-order valence-corrected chi connectivity index (χ3v) is 3.50. The minimum absolute atomic E-state index is 0.154. The van der Waals surface area contributed by atoms with Crippen LogP contribution in [0.25, 0.3) is 0 Å². The first-order chi connectivity index (χ1) is 7.60. The fourth-order valence-electron chi connectivity index (χ4n) is 2.46. The van der Waals surface area contributed by atoms with E-state index in [4.69, 9.17) is 0 Å². The van der Waals surface area contributed by atoms with Gasteiger partial charge in [-0.05, 0) is 18.9 Å². The summed E-state index contributed by atoms with van der Waals surface area (Å²) in [5.41, 5.74) is 0.192. The van der Waals surface area contributed by atoms with E-state index < -0.39 is 5.41 Å². The number of rotatable bonds is 2. The molecular weight excluding hydrogens is 202 g/mol. The standard InChI is InChI=1S/C13H15NO2/c1-3-10-11(15)14-12(16)13(10,2)9-7-5-4-6-8-9/h4-8,10H,3H2,1-2H3,(H,14,15,16)/t10-,13+/m1/s1. The van der Waals surface area contributed by atoms with Crippen LogP contribution in [-0.2, 0) is 15.0 Å². The topological polar surface area (TPSA) is 46.2 Å². The van der Waals surface area contributed by atoms with Crippen molar-refractivity contribution in [1.29, 1.82) is 0 Å². The maximum absolute atomic E-state index is 11.9. The van der Waals surface area contributed by atoms with Gasteiger partial charge in [0.15, 0.2) is 0 Å². The predicted octanol–water partition coefficient (Wildman–Crippen LogP) is 1.63. The summed E-state index contributed by atoms with van der Waals surface area (Å²) < 4.78 is 0. The molecule has 1 heterocycles. The third-order valence-electron chi connectivity index (χ3n) is 3.50. The number of hydrogen-bond acceptors (Lipinski definition) is 2. The number of nitrogens with one attached hydrogen (secondary N) is 1. The number of imide groups is 1. The molecule has 2 atom stereocenters. The van der Waals surface area contributed by atoms with Gasteiger partial charge >= 0.3 is 0 Å². The lowest BCUT2D eigenvalue weighted by molar-refractivity contribution is -0.126. The third kappa shape index (κ3) is 1.35. The van der Waals surface area contributed by atoms with Crippen LogP contribution in [0.3, 0.4) is 0 Å². The van der Waals surface area contributed by atoms with Crippen molar-refractivity contribution in [3.05, 3.63) is 35.9 Å². The Morgan fingerprint density at radius 2 is 1.88 bits per heavy atom. The van der Waals surface area contributed by atoms with Gasteiger partial charge in [-0.15, -0.1) is 0 Å². The number of carbonyl (C=O) groups is 2. The lowest BCUT2D eigenvalue weighted by Crippen LogP contribution is -2.36. The van der Waals surface area contributed by atoms with E-state index in [2.05, 4.69) is 5.32 Å². The van der Waals surface area contributed by atoms with Crippen molar-refractivity contribution in [3.63, 3.8) is 0 Å². The number of benzene rings is 1. The first-order valence-corrected chi connectivity index (χ1v) is 5.51. The monoisotopic (exact) mass is 217 g/mol. The van der Waals surface area contributed by atoms with E-state index in [0.717, 1.165) is 5.56 Å². The van der Waals surface area contributed by atoms with E-state index in [1.165, 1.54) is 0 Å². The Kier molecular flexibility index (Phi) is 2.54. The molecule has 0 bridgehead atoms. The Labute approximate surface area is 94.9 Å². The molecule has 2 amide bonds. The summed E-state index contributed by atoms with van der Waals surface area (Å²) in [5, 5.41) is 2.43. The Hall–Kier alpha value is -1.64. The van der Waals surface area contributed by atoms with Crippen LogP contribution in [-0.4, -0.2) is 11.8 Å². The van der Waals surface area contributed by atoms with E-state index in [0.29, 0.717) is 6.42 Å². The molecule has 1 aromatic rings. The van der Waals surface area contributed by atoms with Gasteiger partial charge < -0.3 is 0 Å². The Morgan fingerprint density at radius 3 is 2.44 bits per heavy atom. The van der Waals surface area contributed by atoms with Crippen LogP contribution >= 0.6 is 0 Å². The number of hydrogen-bond donors (Lipinski definition) is 1. The molecule has 3 heteroatoms. The number of carbonyl (C=O) groups excluding carboxylic acids is 2. The van der Waals surface area contributed by atoms with Crippen LogP contribution in [0.1, 0.15) is 25.8 Å². The molecule has 84 valence electrons. The molecule has 1 aromatic carbocycles. The van der Waals surface area contributed by atoms with Crippen molar-refractivity contribution in [1.82, 2.24) is 5.32 Å². The molecule has 3 nitrogen and oxygen atoms in total. The highest BCUT2D eigenvalue weighted by atomic mass is 16.2. The number of amides is 2. The smallest absolute Gasteiger partial charge is 0.237 e. The van der Waals surface area contributed by atoms with Gasteiger partial charge in [0.2, 0.25) is 11.8 Å². The van der Waals surface area contributed by atoms with E-state index in [-0.39, 0.29) is 17.7 Å². The molecule has 0 aromatic heterocycles. The normalized spacial score (nSPS) is 29.2. The molecule has 0 unspecified atom stereocenters. The van der Waals surface area contributed by atoms with Gasteiger partial charge in [-0.3, -0.25) is 14.9 Å². The Bertz CT molecular complexity index is 427. The minimum atomic E-state index is -0.715. The average Bonchev–Trinajstić information content (AvgIpc) is 2.52. The summed E-state index contributed by atoms with van der Waals surface area (Å²) in [4.78, 5) is 23.6. The highest BCUT2D eigenvalue weighted by molar-refractivity contribution is 6.10. The fraction of sp³-hybridized carbons (Fsp3) is 0.385. The summed E-state index contributed by atoms with van der Waals surface area (Å²) in [7, 11) is 0. The second kappa shape index (κ2) is 3.74. The average molecular weight is 217 g/mol. The first-order valence-electron chi connectivity index (χ1n) is 5.51. The highest BCUT2D eigenvalue weighted by Crippen LogP contribution is 2.38. The predicted molar refractivity (Wildman–Crippen MR) is 60.7 cm³/mol. The molecule has 0 saturated carbocycles. The van der Waals surface area contributed by atoms with Crippen molar-refractivity contribution >= 4 is 11.8 Å². The Morgan fingerprint density at radius 1 is 1.25 bits per heavy atom. The molecule has 0 spiro atoms. The van der Waals surface area contributed by atoms with Crippen LogP contribution in [0, 0.1) is 5.92 Å². The van der Waals surface area contributed by atoms with E-state index >= 15 is 0 Å². The highest BCUT2D eigenvalue weighted by Gasteiger charge is 2.51. The molecule has 1 aliphatic rings. The largest absolute Gasteiger partial charge is 0.295 e. The van der Waals surface area contributed by atoms with E-state index in [1.54, 1.807) is 0 Å². The first kappa shape index (κ1) is 10.9. The summed E-state index contributed by atoms with van der Waals surface area (Å²) in [6, 6.07) is 9.50. The zero-order valence-electron chi connectivity index (χ0n) is 9.49. The van der Waals surface area contributed by atoms with Crippen molar-refractivity contribution in [2.24, 2.45) is 5.92 Å². The maximum atomic E-state index is 11.9. The summed E-state index contributed by atoms with van der Waals surface area (Å²) in [5.74, 6) is -0.600. The summed E-state index contributed by atoms with van der Waals surface area (Å²) in [6.45, 7) is 3.78. The molecule has 0 aliphatic carbocycles. The molecule has 16 heavy (non-hydrogen) atoms. The zero-order chi connectivity index (χ0) is 11.8. The SMILES string of the molecule is CC[C@@H]1C(=O)NC(=O)[C@@]1(C)c1ccccc1. The van der Waals surface area contributed by atoms with Crippen molar-refractivity contribution in [2.75, 3.05) is 0 Å². The Balaban J connectivity index is 2.51. The van der Waals surface area contributed by atoms with Crippen LogP contribution in [0.5, 0.6) is 0 Å². The summed E-state index contributed by atoms with van der Waals surface area (Å²) >= 11 is 0. The van der Waals surface area contributed by atoms with Crippen LogP contribution in [0.4, 0.5) is 0 Å². The van der Waals surface area contributed by atoms with E-state index in [9.17, 15) is 9.59 Å². The van der Waals surface area contributed by atoms with Gasteiger partial charge in [0.25, 0.3) is 0 Å². The zero-order valence-corrected chi connectivity index (χ0v) is 9.49. The molecule has 0 radical (unpaired) electrons. The second-order valence-corrected chi connectivity index (χ2v) is 4.35. The minimum Gasteiger partial charge on any atom is -0.295 e. The quantitative estimate of drug-likeness (QED) is 0.765. The molecule has 2 rings (SSSR count). The molecule has 1 saturated heterocycles. The second-order valence-electron chi connectivity index (χ2n) is 4.35. The van der Waals surface area contributed by atoms with Gasteiger partial charge in [-0.1, -0.05) is 37.3 Å². The van der Waals surface area contributed by atoms with Crippen molar-refractivity contribution < 1.29 is 9.59 Å². The fourth-order valence-corrected chi connectivity index (χ4v) is 2.46. The maximum Gasteiger partial charge on any atom is 0.237 e. The molecular formula is C13H15NO2. The van der Waals surface area contributed by atoms with E-state index in [1.807, 2.05) is 44.2 Å². The van der Waals surface area contributed by atoms with Crippen LogP contribution in [0.2, 0.25) is 0 Å². The van der Waals surface area contributed by atoms with Gasteiger partial charge in [0, 0.05) is 0 Å². The van der Waals surface area contributed by atoms with Crippen molar-refractivity contribution in [2.45, 2.75) is 25.7 Å². The van der Waals surface area contributed by atoms with Gasteiger partial charge in [-0.2, -0.15) is 0 Å². The van der Waals surface area contributed by atoms with Gasteiger partial charge in [0.1, 0.15) is 0 Å². The van der Waals surface area contributed by atoms with Crippen LogP contribution < -0.4 is 5.32 Å². The molecule has 1 fully saturated rings. The van der Waals surface area contributed by atoms with Crippen molar-refractivity contribution in [3.8, 4) is 0 Å². The molecule has 1 N–H and O–H groups in total. The summed E-state index contributed by atoms with van der Waals surface area (Å²) in [6.07, 6.45) is 0.670. The van der Waals surface area contributed by atoms with Gasteiger partial charge in [-0.25, -0.2) is 0 Å². The molecule has 1 aliphatic heterocycles. The van der Waals surface area contributed by atoms with Crippen LogP contribution in [0.15, 0.2) is 30.3 Å². The van der Waals surface area contributed by atoms with Gasteiger partial charge in [0.05, 0.1) is 11.3 Å². The lowest BCUT2D eigenvalue weighted by Gasteiger charge is -2.26. The lowest BCUT2D eigenvalue weighted by atomic mass is 9.72.